The second-order valence-corrected chi connectivity index (χ2v) is 5.25. The first-order chi connectivity index (χ1) is 8.13. The normalized spacial score (nSPS) is 25.1. The lowest BCUT2D eigenvalue weighted by atomic mass is 10.0. The van der Waals surface area contributed by atoms with Gasteiger partial charge in [-0.2, -0.15) is 0 Å². The van der Waals surface area contributed by atoms with Crippen LogP contribution in [0.4, 0.5) is 0 Å². The van der Waals surface area contributed by atoms with Crippen LogP contribution in [0.25, 0.3) is 0 Å². The number of nitrogens with two attached hydrogens (primary N) is 1. The van der Waals surface area contributed by atoms with E-state index in [-0.39, 0.29) is 12.1 Å². The number of β-amino-alcohol motifs (C(OH)–C–C–N with tert-alkyl or cyclic N) is 1. The van der Waals surface area contributed by atoms with Crippen molar-refractivity contribution < 1.29 is 9.84 Å². The van der Waals surface area contributed by atoms with Crippen LogP contribution in [0.15, 0.2) is 0 Å². The highest BCUT2D eigenvalue weighted by molar-refractivity contribution is 4.81. The molecule has 0 radical (unpaired) electrons. The van der Waals surface area contributed by atoms with Gasteiger partial charge in [0.05, 0.1) is 12.7 Å². The van der Waals surface area contributed by atoms with Gasteiger partial charge in [-0.25, -0.2) is 0 Å². The van der Waals surface area contributed by atoms with E-state index in [4.69, 9.17) is 10.5 Å². The molecule has 102 valence electrons. The fourth-order valence-corrected chi connectivity index (χ4v) is 2.27. The molecule has 1 saturated heterocycles. The minimum absolute atomic E-state index is 0.262. The number of unbranched alkanes of at least 4 members (excludes halogenated alkanes) is 1. The Labute approximate surface area is 105 Å². The number of nitrogens with zero attached hydrogens (tertiary/aromatic N) is 1. The van der Waals surface area contributed by atoms with Crippen molar-refractivity contribution in [3.8, 4) is 0 Å². The standard InChI is InChI=1S/C13H28N2O2/c1-3-4-7-17-10-13(16)9-15-6-5-12(8-15)11(2)14/h11-13,16H,3-10,14H2,1-2H3. The lowest BCUT2D eigenvalue weighted by molar-refractivity contribution is 0.0189. The Bertz CT molecular complexity index is 200. The molecular weight excluding hydrogens is 216 g/mol. The summed E-state index contributed by atoms with van der Waals surface area (Å²) in [4.78, 5) is 2.29. The molecule has 0 aliphatic carbocycles. The Hall–Kier alpha value is -0.160. The fraction of sp³-hybridized carbons (Fsp3) is 1.00. The van der Waals surface area contributed by atoms with Crippen LogP contribution in [0, 0.1) is 5.92 Å². The van der Waals surface area contributed by atoms with Crippen LogP contribution in [-0.2, 0) is 4.74 Å². The van der Waals surface area contributed by atoms with E-state index in [1.807, 2.05) is 0 Å². The molecule has 1 aliphatic heterocycles. The first kappa shape index (κ1) is 14.9. The average Bonchev–Trinajstić information content (AvgIpc) is 2.73. The molecule has 1 aliphatic rings. The molecule has 4 heteroatoms. The van der Waals surface area contributed by atoms with E-state index < -0.39 is 0 Å². The Morgan fingerprint density at radius 1 is 1.53 bits per heavy atom. The van der Waals surface area contributed by atoms with Crippen LogP contribution in [0.1, 0.15) is 33.1 Å². The average molecular weight is 244 g/mol. The molecule has 17 heavy (non-hydrogen) atoms. The Morgan fingerprint density at radius 2 is 2.29 bits per heavy atom. The van der Waals surface area contributed by atoms with E-state index in [9.17, 15) is 5.11 Å². The van der Waals surface area contributed by atoms with Crippen molar-refractivity contribution in [2.24, 2.45) is 11.7 Å². The van der Waals surface area contributed by atoms with Gasteiger partial charge in [-0.3, -0.25) is 0 Å². The first-order valence-electron chi connectivity index (χ1n) is 6.87. The molecular formula is C13H28N2O2. The number of aliphatic hydroxyl groups excluding tert-OH is 1. The van der Waals surface area contributed by atoms with Crippen molar-refractivity contribution in [1.82, 2.24) is 4.90 Å². The summed E-state index contributed by atoms with van der Waals surface area (Å²) in [6, 6.07) is 0.262. The number of aliphatic hydroxyl groups is 1. The second kappa shape index (κ2) is 8.03. The van der Waals surface area contributed by atoms with E-state index in [0.29, 0.717) is 12.5 Å². The van der Waals surface area contributed by atoms with E-state index >= 15 is 0 Å². The van der Waals surface area contributed by atoms with Gasteiger partial charge in [-0.1, -0.05) is 13.3 Å². The van der Waals surface area contributed by atoms with Crippen molar-refractivity contribution in [2.75, 3.05) is 32.8 Å². The summed E-state index contributed by atoms with van der Waals surface area (Å²) in [5.41, 5.74) is 5.89. The van der Waals surface area contributed by atoms with E-state index in [1.165, 1.54) is 0 Å². The zero-order valence-electron chi connectivity index (χ0n) is 11.3. The monoisotopic (exact) mass is 244 g/mol. The maximum Gasteiger partial charge on any atom is 0.0900 e. The molecule has 1 fully saturated rings. The summed E-state index contributed by atoms with van der Waals surface area (Å²) in [5.74, 6) is 0.586. The summed E-state index contributed by atoms with van der Waals surface area (Å²) in [6.45, 7) is 8.21. The highest BCUT2D eigenvalue weighted by Gasteiger charge is 2.26. The number of likely N-dealkylation sites (tertiary alicyclic amines) is 1. The summed E-state index contributed by atoms with van der Waals surface area (Å²) in [7, 11) is 0. The molecule has 0 amide bonds. The zero-order chi connectivity index (χ0) is 12.7. The van der Waals surface area contributed by atoms with Crippen LogP contribution < -0.4 is 5.73 Å². The van der Waals surface area contributed by atoms with Gasteiger partial charge in [0.2, 0.25) is 0 Å². The summed E-state index contributed by atoms with van der Waals surface area (Å²) in [5, 5.41) is 9.84. The highest BCUT2D eigenvalue weighted by atomic mass is 16.5. The summed E-state index contributed by atoms with van der Waals surface area (Å²) >= 11 is 0. The first-order valence-corrected chi connectivity index (χ1v) is 6.87. The third kappa shape index (κ3) is 5.82. The molecule has 4 nitrogen and oxygen atoms in total. The number of hydrogen-bond acceptors (Lipinski definition) is 4. The number of rotatable bonds is 8. The molecule has 3 N–H and O–H groups in total. The van der Waals surface area contributed by atoms with Gasteiger partial charge in [-0.15, -0.1) is 0 Å². The van der Waals surface area contributed by atoms with Crippen LogP contribution in [0.3, 0.4) is 0 Å². The SMILES string of the molecule is CCCCOCC(O)CN1CCC(C(C)N)C1. The van der Waals surface area contributed by atoms with Gasteiger partial charge in [0.25, 0.3) is 0 Å². The Morgan fingerprint density at radius 3 is 2.88 bits per heavy atom. The lowest BCUT2D eigenvalue weighted by Crippen LogP contribution is -2.35. The van der Waals surface area contributed by atoms with Crippen molar-refractivity contribution in [2.45, 2.75) is 45.3 Å². The lowest BCUT2D eigenvalue weighted by Gasteiger charge is -2.21. The van der Waals surface area contributed by atoms with Gasteiger partial charge in [0.15, 0.2) is 0 Å². The minimum Gasteiger partial charge on any atom is -0.389 e. The predicted molar refractivity (Wildman–Crippen MR) is 69.9 cm³/mol. The van der Waals surface area contributed by atoms with Gasteiger partial charge >= 0.3 is 0 Å². The summed E-state index contributed by atoms with van der Waals surface area (Å²) in [6.07, 6.45) is 3.00. The quantitative estimate of drug-likeness (QED) is 0.621. The molecule has 0 aromatic carbocycles. The predicted octanol–water partition coefficient (Wildman–Crippen LogP) is 0.833. The fourth-order valence-electron chi connectivity index (χ4n) is 2.27. The third-order valence-corrected chi connectivity index (χ3v) is 3.47. The number of ether oxygens (including phenoxy) is 1. The van der Waals surface area contributed by atoms with Gasteiger partial charge in [-0.05, 0) is 32.2 Å². The molecule has 3 unspecified atom stereocenters. The Kier molecular flexibility index (Phi) is 7.04. The second-order valence-electron chi connectivity index (χ2n) is 5.25. The van der Waals surface area contributed by atoms with E-state index in [0.717, 1.165) is 45.5 Å². The zero-order valence-corrected chi connectivity index (χ0v) is 11.3. The molecule has 1 rings (SSSR count). The van der Waals surface area contributed by atoms with Gasteiger partial charge in [0, 0.05) is 25.7 Å². The molecule has 0 bridgehead atoms. The van der Waals surface area contributed by atoms with Gasteiger partial charge < -0.3 is 20.5 Å². The van der Waals surface area contributed by atoms with Crippen molar-refractivity contribution in [3.63, 3.8) is 0 Å². The summed E-state index contributed by atoms with van der Waals surface area (Å²) < 4.78 is 5.42. The number of hydrogen-bond donors (Lipinski definition) is 2. The highest BCUT2D eigenvalue weighted by Crippen LogP contribution is 2.18. The minimum atomic E-state index is -0.362. The van der Waals surface area contributed by atoms with Crippen molar-refractivity contribution in [3.05, 3.63) is 0 Å². The third-order valence-electron chi connectivity index (χ3n) is 3.47. The van der Waals surface area contributed by atoms with Crippen LogP contribution in [0.5, 0.6) is 0 Å². The maximum atomic E-state index is 9.84. The van der Waals surface area contributed by atoms with Crippen LogP contribution >= 0.6 is 0 Å². The van der Waals surface area contributed by atoms with E-state index in [1.54, 1.807) is 0 Å². The van der Waals surface area contributed by atoms with Crippen LogP contribution in [0.2, 0.25) is 0 Å². The molecule has 0 spiro atoms. The van der Waals surface area contributed by atoms with Gasteiger partial charge in [0.1, 0.15) is 0 Å². The molecule has 3 atom stereocenters. The smallest absolute Gasteiger partial charge is 0.0900 e. The van der Waals surface area contributed by atoms with Crippen LogP contribution in [-0.4, -0.2) is 55.0 Å². The maximum absolute atomic E-state index is 9.84. The molecule has 1 heterocycles. The van der Waals surface area contributed by atoms with Crippen molar-refractivity contribution in [1.29, 1.82) is 0 Å². The molecule has 0 aromatic rings. The Balaban J connectivity index is 2.08. The molecule has 0 saturated carbocycles. The molecule has 0 aromatic heterocycles. The van der Waals surface area contributed by atoms with Crippen molar-refractivity contribution >= 4 is 0 Å². The van der Waals surface area contributed by atoms with E-state index in [2.05, 4.69) is 18.7 Å². The largest absolute Gasteiger partial charge is 0.389 e. The topological polar surface area (TPSA) is 58.7 Å².